The Morgan fingerprint density at radius 1 is 1.59 bits per heavy atom. The molecule has 1 rings (SSSR count). The van der Waals surface area contributed by atoms with Gasteiger partial charge in [0.15, 0.2) is 0 Å². The van der Waals surface area contributed by atoms with Crippen molar-refractivity contribution in [3.63, 3.8) is 0 Å². The van der Waals surface area contributed by atoms with Gasteiger partial charge in [0.25, 0.3) is 5.91 Å². The molecule has 1 aromatic rings. The van der Waals surface area contributed by atoms with Crippen LogP contribution in [0.3, 0.4) is 0 Å². The first-order valence-corrected chi connectivity index (χ1v) is 5.54. The maximum atomic E-state index is 11.9. The van der Waals surface area contributed by atoms with Crippen LogP contribution in [0.5, 0.6) is 0 Å². The van der Waals surface area contributed by atoms with Crippen LogP contribution in [0, 0.1) is 6.92 Å². The van der Waals surface area contributed by atoms with E-state index in [9.17, 15) is 4.79 Å². The molecular formula is C12H19N3O2. The first-order valence-electron chi connectivity index (χ1n) is 5.54. The second kappa shape index (κ2) is 6.20. The highest BCUT2D eigenvalue weighted by atomic mass is 16.5. The largest absolute Gasteiger partial charge is 0.387 e. The van der Waals surface area contributed by atoms with Crippen LogP contribution < -0.4 is 10.6 Å². The molecule has 0 spiro atoms. The number of hydrogen-bond acceptors (Lipinski definition) is 4. The van der Waals surface area contributed by atoms with E-state index in [1.165, 1.54) is 0 Å². The summed E-state index contributed by atoms with van der Waals surface area (Å²) >= 11 is 0. The van der Waals surface area contributed by atoms with Crippen molar-refractivity contribution >= 4 is 11.6 Å². The monoisotopic (exact) mass is 237 g/mol. The third kappa shape index (κ3) is 3.71. The van der Waals surface area contributed by atoms with Crippen molar-refractivity contribution in [2.75, 3.05) is 26.0 Å². The Labute approximate surface area is 102 Å². The number of methoxy groups -OCH3 is 1. The minimum absolute atomic E-state index is 0.00427. The van der Waals surface area contributed by atoms with Gasteiger partial charge >= 0.3 is 0 Å². The highest BCUT2D eigenvalue weighted by molar-refractivity contribution is 5.99. The lowest BCUT2D eigenvalue weighted by Gasteiger charge is -2.13. The highest BCUT2D eigenvalue weighted by Gasteiger charge is 2.12. The van der Waals surface area contributed by atoms with Gasteiger partial charge in [-0.3, -0.25) is 9.78 Å². The Balaban J connectivity index is 2.75. The van der Waals surface area contributed by atoms with E-state index in [2.05, 4.69) is 15.6 Å². The van der Waals surface area contributed by atoms with Gasteiger partial charge in [-0.2, -0.15) is 0 Å². The quantitative estimate of drug-likeness (QED) is 0.807. The molecule has 1 aromatic heterocycles. The Kier molecular flexibility index (Phi) is 4.90. The minimum Gasteiger partial charge on any atom is -0.387 e. The van der Waals surface area contributed by atoms with Gasteiger partial charge in [-0.15, -0.1) is 0 Å². The smallest absolute Gasteiger partial charge is 0.255 e. The molecule has 0 aliphatic carbocycles. The van der Waals surface area contributed by atoms with Gasteiger partial charge in [-0.05, 0) is 19.9 Å². The Morgan fingerprint density at radius 2 is 2.29 bits per heavy atom. The number of aromatic nitrogens is 1. The van der Waals surface area contributed by atoms with Gasteiger partial charge in [-0.25, -0.2) is 0 Å². The highest BCUT2D eigenvalue weighted by Crippen LogP contribution is 2.14. The van der Waals surface area contributed by atoms with Crippen molar-refractivity contribution in [3.05, 3.63) is 23.5 Å². The number of aryl methyl sites for hydroxylation is 1. The fourth-order valence-electron chi connectivity index (χ4n) is 1.36. The molecule has 17 heavy (non-hydrogen) atoms. The molecular weight excluding hydrogens is 218 g/mol. The summed E-state index contributed by atoms with van der Waals surface area (Å²) in [6.07, 6.45) is 1.57. The van der Waals surface area contributed by atoms with Crippen molar-refractivity contribution in [1.82, 2.24) is 10.3 Å². The van der Waals surface area contributed by atoms with Crippen LogP contribution in [0.2, 0.25) is 0 Å². The number of ether oxygens (including phenoxy) is 1. The zero-order valence-corrected chi connectivity index (χ0v) is 10.7. The average Bonchev–Trinajstić information content (AvgIpc) is 2.35. The lowest BCUT2D eigenvalue weighted by Crippen LogP contribution is -2.32. The molecule has 1 amide bonds. The van der Waals surface area contributed by atoms with Gasteiger partial charge in [0.1, 0.15) is 0 Å². The van der Waals surface area contributed by atoms with Crippen molar-refractivity contribution in [2.45, 2.75) is 20.0 Å². The molecule has 0 aliphatic rings. The maximum Gasteiger partial charge on any atom is 0.255 e. The molecule has 0 aromatic carbocycles. The fourth-order valence-corrected chi connectivity index (χ4v) is 1.36. The number of carbonyl (C=O) groups is 1. The van der Waals surface area contributed by atoms with Crippen LogP contribution in [0.4, 0.5) is 5.69 Å². The Hall–Kier alpha value is -1.62. The third-order valence-corrected chi connectivity index (χ3v) is 2.51. The zero-order chi connectivity index (χ0) is 12.8. The third-order valence-electron chi connectivity index (χ3n) is 2.51. The summed E-state index contributed by atoms with van der Waals surface area (Å²) in [4.78, 5) is 16.0. The molecule has 5 heteroatoms. The lowest BCUT2D eigenvalue weighted by atomic mass is 10.2. The Morgan fingerprint density at radius 3 is 2.88 bits per heavy atom. The zero-order valence-electron chi connectivity index (χ0n) is 10.7. The normalized spacial score (nSPS) is 12.0. The number of rotatable bonds is 5. The summed E-state index contributed by atoms with van der Waals surface area (Å²) in [6, 6.07) is 1.84. The van der Waals surface area contributed by atoms with E-state index in [0.29, 0.717) is 12.1 Å². The van der Waals surface area contributed by atoms with E-state index in [1.807, 2.05) is 19.9 Å². The second-order valence-electron chi connectivity index (χ2n) is 3.88. The van der Waals surface area contributed by atoms with Crippen LogP contribution in [0.15, 0.2) is 12.3 Å². The van der Waals surface area contributed by atoms with Crippen molar-refractivity contribution < 1.29 is 9.53 Å². The standard InChI is InChI=1S/C12H19N3O2/c1-8-5-11(13-3)10(7-14-8)12(16)15-6-9(2)17-4/h5,7,9H,6H2,1-4H3,(H,13,14)(H,15,16). The van der Waals surface area contributed by atoms with Gasteiger partial charge < -0.3 is 15.4 Å². The van der Waals surface area contributed by atoms with Crippen molar-refractivity contribution in [3.8, 4) is 0 Å². The number of hydrogen-bond donors (Lipinski definition) is 2. The molecule has 1 atom stereocenters. The molecule has 0 saturated heterocycles. The predicted molar refractivity (Wildman–Crippen MR) is 67.3 cm³/mol. The number of carbonyl (C=O) groups excluding carboxylic acids is 1. The molecule has 0 saturated carbocycles. The molecule has 0 radical (unpaired) electrons. The van der Waals surface area contributed by atoms with Gasteiger partial charge in [0, 0.05) is 32.6 Å². The Bertz CT molecular complexity index is 393. The molecule has 5 nitrogen and oxygen atoms in total. The number of pyridine rings is 1. The van der Waals surface area contributed by atoms with Crippen molar-refractivity contribution in [2.24, 2.45) is 0 Å². The van der Waals surface area contributed by atoms with Gasteiger partial charge in [0.2, 0.25) is 0 Å². The summed E-state index contributed by atoms with van der Waals surface area (Å²) in [5.74, 6) is -0.147. The molecule has 0 fully saturated rings. The predicted octanol–water partition coefficient (Wildman–Crippen LogP) is 1.20. The summed E-state index contributed by atoms with van der Waals surface area (Å²) in [6.45, 7) is 4.26. The van der Waals surface area contributed by atoms with Crippen LogP contribution in [-0.4, -0.2) is 37.7 Å². The van der Waals surface area contributed by atoms with Crippen LogP contribution >= 0.6 is 0 Å². The second-order valence-corrected chi connectivity index (χ2v) is 3.88. The summed E-state index contributed by atoms with van der Waals surface area (Å²) in [7, 11) is 3.40. The number of nitrogens with one attached hydrogen (secondary N) is 2. The van der Waals surface area contributed by atoms with Gasteiger partial charge in [-0.1, -0.05) is 0 Å². The van der Waals surface area contributed by atoms with Crippen LogP contribution in [0.25, 0.3) is 0 Å². The minimum atomic E-state index is -0.147. The molecule has 1 heterocycles. The molecule has 0 aliphatic heterocycles. The molecule has 94 valence electrons. The lowest BCUT2D eigenvalue weighted by molar-refractivity contribution is 0.0871. The first kappa shape index (κ1) is 13.4. The average molecular weight is 237 g/mol. The van der Waals surface area contributed by atoms with E-state index >= 15 is 0 Å². The van der Waals surface area contributed by atoms with E-state index in [0.717, 1.165) is 11.4 Å². The van der Waals surface area contributed by atoms with E-state index in [-0.39, 0.29) is 12.0 Å². The van der Waals surface area contributed by atoms with Gasteiger partial charge in [0.05, 0.1) is 17.4 Å². The first-order chi connectivity index (χ1) is 8.08. The van der Waals surface area contributed by atoms with E-state index < -0.39 is 0 Å². The molecule has 1 unspecified atom stereocenters. The number of amides is 1. The van der Waals surface area contributed by atoms with E-state index in [1.54, 1.807) is 20.4 Å². The summed E-state index contributed by atoms with van der Waals surface area (Å²) < 4.78 is 5.07. The summed E-state index contributed by atoms with van der Waals surface area (Å²) in [5.41, 5.74) is 2.19. The SMILES string of the molecule is CNc1cc(C)ncc1C(=O)NCC(C)OC. The topological polar surface area (TPSA) is 63.2 Å². The number of anilines is 1. The maximum absolute atomic E-state index is 11.9. The fraction of sp³-hybridized carbons (Fsp3) is 0.500. The van der Waals surface area contributed by atoms with Crippen molar-refractivity contribution in [1.29, 1.82) is 0 Å². The van der Waals surface area contributed by atoms with E-state index in [4.69, 9.17) is 4.74 Å². The summed E-state index contributed by atoms with van der Waals surface area (Å²) in [5, 5.41) is 5.79. The number of nitrogens with zero attached hydrogens (tertiary/aromatic N) is 1. The molecule has 2 N–H and O–H groups in total. The van der Waals surface area contributed by atoms with Crippen LogP contribution in [0.1, 0.15) is 23.0 Å². The molecule has 0 bridgehead atoms. The van der Waals surface area contributed by atoms with Crippen LogP contribution in [-0.2, 0) is 4.74 Å².